The Morgan fingerprint density at radius 3 is 2.56 bits per heavy atom. The predicted molar refractivity (Wildman–Crippen MR) is 93.6 cm³/mol. The summed E-state index contributed by atoms with van der Waals surface area (Å²) in [5.41, 5.74) is 1.19. The molecular weight excluding hydrogens is 322 g/mol. The van der Waals surface area contributed by atoms with Crippen LogP contribution in [0.2, 0.25) is 0 Å². The summed E-state index contributed by atoms with van der Waals surface area (Å²) in [5.74, 6) is 0.403. The first-order valence-electron chi connectivity index (χ1n) is 8.48. The highest BCUT2D eigenvalue weighted by molar-refractivity contribution is 5.73. The molecule has 0 spiro atoms. The van der Waals surface area contributed by atoms with E-state index >= 15 is 0 Å². The SMILES string of the molecule is COC(=O)Cc1ccc(OC)c([C@@H]2CCCN2C(=O)OC(C)(C)C)c1. The van der Waals surface area contributed by atoms with Crippen LogP contribution in [0.4, 0.5) is 4.79 Å². The lowest BCUT2D eigenvalue weighted by atomic mass is 9.99. The van der Waals surface area contributed by atoms with Crippen molar-refractivity contribution in [2.45, 2.75) is 51.7 Å². The summed E-state index contributed by atoms with van der Waals surface area (Å²) < 4.78 is 15.7. The zero-order valence-corrected chi connectivity index (χ0v) is 15.6. The molecule has 0 saturated carbocycles. The monoisotopic (exact) mass is 349 g/mol. The summed E-state index contributed by atoms with van der Waals surface area (Å²) in [6, 6.07) is 5.47. The minimum Gasteiger partial charge on any atom is -0.496 e. The van der Waals surface area contributed by atoms with Crippen LogP contribution in [-0.2, 0) is 20.7 Å². The highest BCUT2D eigenvalue weighted by Gasteiger charge is 2.34. The first kappa shape index (κ1) is 19.1. The third kappa shape index (κ3) is 4.87. The number of amides is 1. The average molecular weight is 349 g/mol. The molecule has 6 heteroatoms. The van der Waals surface area contributed by atoms with Gasteiger partial charge in [-0.15, -0.1) is 0 Å². The molecule has 1 aromatic rings. The number of carbonyl (C=O) groups excluding carboxylic acids is 2. The standard InChI is InChI=1S/C19H27NO5/c1-19(2,3)25-18(22)20-10-6-7-15(20)14-11-13(12-17(21)24-5)8-9-16(14)23-4/h8-9,11,15H,6-7,10,12H2,1-5H3/t15-/m0/s1. The van der Waals surface area contributed by atoms with E-state index in [9.17, 15) is 9.59 Å². The van der Waals surface area contributed by atoms with Crippen molar-refractivity contribution < 1.29 is 23.8 Å². The zero-order chi connectivity index (χ0) is 18.6. The molecule has 1 aliphatic rings. The van der Waals surface area contributed by atoms with Gasteiger partial charge in [0.05, 0.1) is 26.7 Å². The molecule has 0 N–H and O–H groups in total. The number of hydrogen-bond donors (Lipinski definition) is 0. The van der Waals surface area contributed by atoms with Crippen LogP contribution in [0.1, 0.15) is 50.8 Å². The van der Waals surface area contributed by atoms with Crippen molar-refractivity contribution in [1.29, 1.82) is 0 Å². The van der Waals surface area contributed by atoms with E-state index in [-0.39, 0.29) is 24.5 Å². The molecule has 138 valence electrons. The van der Waals surface area contributed by atoms with E-state index in [0.717, 1.165) is 24.0 Å². The van der Waals surface area contributed by atoms with Crippen LogP contribution in [-0.4, -0.2) is 43.3 Å². The maximum Gasteiger partial charge on any atom is 0.410 e. The Balaban J connectivity index is 2.29. The Morgan fingerprint density at radius 2 is 1.96 bits per heavy atom. The molecule has 1 heterocycles. The minimum absolute atomic E-state index is 0.123. The first-order chi connectivity index (χ1) is 11.7. The number of rotatable bonds is 4. The van der Waals surface area contributed by atoms with Gasteiger partial charge in [0, 0.05) is 12.1 Å². The summed E-state index contributed by atoms with van der Waals surface area (Å²) in [4.78, 5) is 25.8. The molecule has 1 aromatic carbocycles. The highest BCUT2D eigenvalue weighted by atomic mass is 16.6. The van der Waals surface area contributed by atoms with Crippen molar-refractivity contribution >= 4 is 12.1 Å². The summed E-state index contributed by atoms with van der Waals surface area (Å²) >= 11 is 0. The van der Waals surface area contributed by atoms with Gasteiger partial charge in [-0.3, -0.25) is 4.79 Å². The Bertz CT molecular complexity index is 635. The largest absolute Gasteiger partial charge is 0.496 e. The van der Waals surface area contributed by atoms with Crippen LogP contribution in [0.25, 0.3) is 0 Å². The van der Waals surface area contributed by atoms with E-state index in [1.54, 1.807) is 12.0 Å². The number of carbonyl (C=O) groups is 2. The normalized spacial score (nSPS) is 17.3. The maximum absolute atomic E-state index is 12.5. The molecule has 0 radical (unpaired) electrons. The third-order valence-corrected chi connectivity index (χ3v) is 4.11. The van der Waals surface area contributed by atoms with Crippen LogP contribution in [0.3, 0.4) is 0 Å². The van der Waals surface area contributed by atoms with E-state index in [0.29, 0.717) is 12.3 Å². The van der Waals surface area contributed by atoms with Crippen molar-refractivity contribution in [3.63, 3.8) is 0 Å². The van der Waals surface area contributed by atoms with Gasteiger partial charge in [-0.25, -0.2) is 4.79 Å². The van der Waals surface area contributed by atoms with E-state index < -0.39 is 5.60 Å². The zero-order valence-electron chi connectivity index (χ0n) is 15.6. The number of ether oxygens (including phenoxy) is 3. The fourth-order valence-electron chi connectivity index (χ4n) is 3.02. The number of hydrogen-bond acceptors (Lipinski definition) is 5. The van der Waals surface area contributed by atoms with Gasteiger partial charge in [0.25, 0.3) is 0 Å². The van der Waals surface area contributed by atoms with E-state index in [1.807, 2.05) is 39.0 Å². The van der Waals surface area contributed by atoms with Crippen LogP contribution < -0.4 is 4.74 Å². The fourth-order valence-corrected chi connectivity index (χ4v) is 3.02. The molecule has 6 nitrogen and oxygen atoms in total. The molecule has 2 rings (SSSR count). The Morgan fingerprint density at radius 1 is 1.24 bits per heavy atom. The third-order valence-electron chi connectivity index (χ3n) is 4.11. The molecule has 0 bridgehead atoms. The molecule has 0 aliphatic carbocycles. The number of methoxy groups -OCH3 is 2. The van der Waals surface area contributed by atoms with Crippen LogP contribution in [0, 0.1) is 0 Å². The fraction of sp³-hybridized carbons (Fsp3) is 0.579. The lowest BCUT2D eigenvalue weighted by Gasteiger charge is -2.29. The van der Waals surface area contributed by atoms with Crippen LogP contribution in [0.5, 0.6) is 5.75 Å². The number of benzene rings is 1. The Hall–Kier alpha value is -2.24. The van der Waals surface area contributed by atoms with Gasteiger partial charge in [-0.1, -0.05) is 6.07 Å². The minimum atomic E-state index is -0.541. The second-order valence-corrected chi connectivity index (χ2v) is 7.16. The molecular formula is C19H27NO5. The van der Waals surface area contributed by atoms with Gasteiger partial charge in [0.1, 0.15) is 11.4 Å². The Labute approximate surface area is 149 Å². The van der Waals surface area contributed by atoms with Crippen molar-refractivity contribution in [3.05, 3.63) is 29.3 Å². The van der Waals surface area contributed by atoms with Crippen LogP contribution >= 0.6 is 0 Å². The van der Waals surface area contributed by atoms with Gasteiger partial charge in [0.2, 0.25) is 0 Å². The summed E-state index contributed by atoms with van der Waals surface area (Å²) in [7, 11) is 2.97. The second kappa shape index (κ2) is 7.76. The van der Waals surface area contributed by atoms with E-state index in [2.05, 4.69) is 0 Å². The van der Waals surface area contributed by atoms with Gasteiger partial charge < -0.3 is 19.1 Å². The molecule has 1 aliphatic heterocycles. The summed E-state index contributed by atoms with van der Waals surface area (Å²) in [5, 5.41) is 0. The van der Waals surface area contributed by atoms with E-state index in [4.69, 9.17) is 14.2 Å². The van der Waals surface area contributed by atoms with Gasteiger partial charge >= 0.3 is 12.1 Å². The van der Waals surface area contributed by atoms with Gasteiger partial charge in [0.15, 0.2) is 0 Å². The number of nitrogens with zero attached hydrogens (tertiary/aromatic N) is 1. The summed E-state index contributed by atoms with van der Waals surface area (Å²) in [6.07, 6.45) is 1.59. The molecule has 25 heavy (non-hydrogen) atoms. The van der Waals surface area contributed by atoms with Crippen molar-refractivity contribution in [1.82, 2.24) is 4.90 Å². The molecule has 1 atom stereocenters. The first-order valence-corrected chi connectivity index (χ1v) is 8.48. The summed E-state index contributed by atoms with van der Waals surface area (Å²) in [6.45, 7) is 6.21. The second-order valence-electron chi connectivity index (χ2n) is 7.16. The quantitative estimate of drug-likeness (QED) is 0.779. The van der Waals surface area contributed by atoms with Crippen molar-refractivity contribution in [2.75, 3.05) is 20.8 Å². The molecule has 0 unspecified atom stereocenters. The van der Waals surface area contributed by atoms with E-state index in [1.165, 1.54) is 7.11 Å². The van der Waals surface area contributed by atoms with Crippen LogP contribution in [0.15, 0.2) is 18.2 Å². The predicted octanol–water partition coefficient (Wildman–Crippen LogP) is 3.48. The topological polar surface area (TPSA) is 65.1 Å². The Kier molecular flexibility index (Phi) is 5.93. The molecule has 1 saturated heterocycles. The lowest BCUT2D eigenvalue weighted by molar-refractivity contribution is -0.139. The van der Waals surface area contributed by atoms with Crippen molar-refractivity contribution in [3.8, 4) is 5.75 Å². The van der Waals surface area contributed by atoms with Crippen molar-refractivity contribution in [2.24, 2.45) is 0 Å². The smallest absolute Gasteiger partial charge is 0.410 e. The van der Waals surface area contributed by atoms with Gasteiger partial charge in [-0.05, 0) is 51.3 Å². The number of likely N-dealkylation sites (tertiary alicyclic amines) is 1. The molecule has 0 aromatic heterocycles. The molecule has 1 fully saturated rings. The maximum atomic E-state index is 12.5. The van der Waals surface area contributed by atoms with Gasteiger partial charge in [-0.2, -0.15) is 0 Å². The average Bonchev–Trinajstić information content (AvgIpc) is 3.02. The highest BCUT2D eigenvalue weighted by Crippen LogP contribution is 2.38. The number of esters is 1. The molecule has 1 amide bonds. The lowest BCUT2D eigenvalue weighted by Crippen LogP contribution is -2.36.